The minimum absolute atomic E-state index is 0.0511. The van der Waals surface area contributed by atoms with E-state index in [0.717, 1.165) is 54.1 Å². The van der Waals surface area contributed by atoms with Crippen molar-refractivity contribution in [1.82, 2.24) is 0 Å². The molecule has 40 heavy (non-hydrogen) atoms. The molecular weight excluding hydrogens is 492 g/mol. The van der Waals surface area contributed by atoms with Gasteiger partial charge in [-0.15, -0.1) is 0 Å². The summed E-state index contributed by atoms with van der Waals surface area (Å²) in [6.07, 6.45) is 17.8. The van der Waals surface area contributed by atoms with E-state index < -0.39 is 0 Å². The second-order valence-electron chi connectivity index (χ2n) is 15.1. The highest BCUT2D eigenvalue weighted by atomic mass is 16.5. The fraction of sp³-hybridized carbons (Fsp3) is 0.757. The van der Waals surface area contributed by atoms with E-state index in [2.05, 4.69) is 41.2 Å². The molecule has 0 radical (unpaired) electrons. The highest BCUT2D eigenvalue weighted by Crippen LogP contribution is 2.68. The summed E-state index contributed by atoms with van der Waals surface area (Å²) in [5, 5.41) is 0. The van der Waals surface area contributed by atoms with E-state index in [-0.39, 0.29) is 12.1 Å². The van der Waals surface area contributed by atoms with E-state index in [1.54, 1.807) is 6.08 Å². The van der Waals surface area contributed by atoms with Gasteiger partial charge >= 0.3 is 5.97 Å². The molecule has 0 N–H and O–H groups in total. The van der Waals surface area contributed by atoms with Crippen molar-refractivity contribution in [3.8, 4) is 5.75 Å². The van der Waals surface area contributed by atoms with E-state index in [4.69, 9.17) is 9.47 Å². The number of ether oxygens (including phenoxy) is 2. The SMILES string of the molecule is C=CCOc1ccc(C(=O)OC2CC[C@@]3(C)C(CCC4C3CC[C@@]3(C)C4CC[C@@H]3[C@H](C)CCCC(C)C)C2)cc1. The number of carbonyl (C=O) groups is 1. The van der Waals surface area contributed by atoms with Gasteiger partial charge < -0.3 is 9.47 Å². The molecule has 4 saturated carbocycles. The van der Waals surface area contributed by atoms with Crippen LogP contribution in [-0.2, 0) is 4.74 Å². The molecule has 0 spiro atoms. The molecule has 0 aromatic heterocycles. The summed E-state index contributed by atoms with van der Waals surface area (Å²) in [5.74, 6) is 6.57. The molecular formula is C37H56O3. The monoisotopic (exact) mass is 548 g/mol. The van der Waals surface area contributed by atoms with E-state index >= 15 is 0 Å². The highest BCUT2D eigenvalue weighted by Gasteiger charge is 2.60. The topological polar surface area (TPSA) is 35.5 Å². The lowest BCUT2D eigenvalue weighted by Crippen LogP contribution is -2.54. The summed E-state index contributed by atoms with van der Waals surface area (Å²) in [7, 11) is 0. The van der Waals surface area contributed by atoms with Gasteiger partial charge in [-0.2, -0.15) is 0 Å². The quantitative estimate of drug-likeness (QED) is 0.216. The fourth-order valence-corrected chi connectivity index (χ4v) is 10.4. The molecule has 0 saturated heterocycles. The summed E-state index contributed by atoms with van der Waals surface area (Å²) in [4.78, 5) is 13.0. The normalized spacial score (nSPS) is 37.6. The zero-order valence-corrected chi connectivity index (χ0v) is 26.1. The smallest absolute Gasteiger partial charge is 0.338 e. The highest BCUT2D eigenvalue weighted by molar-refractivity contribution is 5.89. The second kappa shape index (κ2) is 12.2. The standard InChI is InChI=1S/C37H56O3/c1-7-23-39-29-14-11-27(12-15-29)35(38)40-30-19-21-36(5)28(24-30)13-16-31-33-18-17-32(26(4)10-8-9-25(2)3)37(33,6)22-20-34(31)36/h7,11-12,14-15,25-26,28,30-34H,1,8-10,13,16-24H2,2-6H3/t26-,28?,30?,31?,32-,33?,34?,36+,37-/m1/s1. The average Bonchev–Trinajstić information content (AvgIpc) is 3.29. The van der Waals surface area contributed by atoms with Crippen molar-refractivity contribution in [2.45, 2.75) is 118 Å². The number of rotatable bonds is 10. The van der Waals surface area contributed by atoms with Gasteiger partial charge in [-0.25, -0.2) is 4.79 Å². The van der Waals surface area contributed by atoms with E-state index in [0.29, 0.717) is 28.9 Å². The number of esters is 1. The van der Waals surface area contributed by atoms with Crippen LogP contribution in [0.3, 0.4) is 0 Å². The summed E-state index contributed by atoms with van der Waals surface area (Å²) < 4.78 is 11.7. The summed E-state index contributed by atoms with van der Waals surface area (Å²) in [5.41, 5.74) is 1.59. The molecule has 0 heterocycles. The zero-order chi connectivity index (χ0) is 28.5. The third-order valence-electron chi connectivity index (χ3n) is 12.6. The summed E-state index contributed by atoms with van der Waals surface area (Å²) in [6, 6.07) is 7.32. The van der Waals surface area contributed by atoms with Crippen molar-refractivity contribution < 1.29 is 14.3 Å². The van der Waals surface area contributed by atoms with Crippen LogP contribution in [0, 0.1) is 52.3 Å². The van der Waals surface area contributed by atoms with Gasteiger partial charge in [-0.1, -0.05) is 66.5 Å². The maximum atomic E-state index is 13.0. The molecule has 4 aliphatic rings. The van der Waals surface area contributed by atoms with Crippen LogP contribution in [0.2, 0.25) is 0 Å². The van der Waals surface area contributed by atoms with E-state index in [1.807, 2.05) is 24.3 Å². The Kier molecular flexibility index (Phi) is 9.08. The second-order valence-corrected chi connectivity index (χ2v) is 15.1. The number of fused-ring (bicyclic) bond motifs is 5. The van der Waals surface area contributed by atoms with Crippen LogP contribution in [0.1, 0.15) is 122 Å². The zero-order valence-electron chi connectivity index (χ0n) is 26.1. The maximum absolute atomic E-state index is 13.0. The van der Waals surface area contributed by atoms with Gasteiger partial charge in [0.05, 0.1) is 5.56 Å². The average molecular weight is 549 g/mol. The van der Waals surface area contributed by atoms with Gasteiger partial charge in [0.15, 0.2) is 0 Å². The lowest BCUT2D eigenvalue weighted by atomic mass is 9.44. The number of carbonyl (C=O) groups excluding carboxylic acids is 1. The Balaban J connectivity index is 1.18. The molecule has 3 nitrogen and oxygen atoms in total. The Morgan fingerprint density at radius 3 is 2.40 bits per heavy atom. The largest absolute Gasteiger partial charge is 0.490 e. The van der Waals surface area contributed by atoms with Gasteiger partial charge in [-0.05, 0) is 134 Å². The van der Waals surface area contributed by atoms with Crippen molar-refractivity contribution in [3.63, 3.8) is 0 Å². The number of benzene rings is 1. The molecule has 4 aliphatic carbocycles. The summed E-state index contributed by atoms with van der Waals surface area (Å²) in [6.45, 7) is 16.8. The predicted octanol–water partition coefficient (Wildman–Crippen LogP) is 9.90. The Hall–Kier alpha value is -1.77. The van der Waals surface area contributed by atoms with Crippen molar-refractivity contribution in [2.75, 3.05) is 6.61 Å². The molecule has 5 rings (SSSR count). The molecule has 1 aromatic carbocycles. The molecule has 0 amide bonds. The minimum Gasteiger partial charge on any atom is -0.490 e. The first-order valence-electron chi connectivity index (χ1n) is 16.7. The van der Waals surface area contributed by atoms with Crippen molar-refractivity contribution in [3.05, 3.63) is 42.5 Å². The molecule has 0 aliphatic heterocycles. The van der Waals surface area contributed by atoms with Crippen LogP contribution in [-0.4, -0.2) is 18.7 Å². The maximum Gasteiger partial charge on any atom is 0.338 e. The lowest BCUT2D eigenvalue weighted by Gasteiger charge is -2.61. The van der Waals surface area contributed by atoms with Gasteiger partial charge in [-0.3, -0.25) is 0 Å². The van der Waals surface area contributed by atoms with Crippen molar-refractivity contribution in [1.29, 1.82) is 0 Å². The molecule has 0 bridgehead atoms. The Morgan fingerprint density at radius 1 is 0.950 bits per heavy atom. The minimum atomic E-state index is -0.189. The number of hydrogen-bond donors (Lipinski definition) is 0. The van der Waals surface area contributed by atoms with Gasteiger partial charge in [0, 0.05) is 0 Å². The Labute approximate surface area is 244 Å². The van der Waals surface area contributed by atoms with Crippen LogP contribution in [0.15, 0.2) is 36.9 Å². The van der Waals surface area contributed by atoms with Crippen LogP contribution in [0.25, 0.3) is 0 Å². The first kappa shape index (κ1) is 29.7. The molecule has 3 heteroatoms. The van der Waals surface area contributed by atoms with Crippen LogP contribution in [0.5, 0.6) is 5.75 Å². The molecule has 1 aromatic rings. The van der Waals surface area contributed by atoms with Crippen LogP contribution >= 0.6 is 0 Å². The number of hydrogen-bond acceptors (Lipinski definition) is 3. The Bertz CT molecular complexity index is 1010. The molecule has 222 valence electrons. The predicted molar refractivity (Wildman–Crippen MR) is 164 cm³/mol. The fourth-order valence-electron chi connectivity index (χ4n) is 10.4. The van der Waals surface area contributed by atoms with Gasteiger partial charge in [0.25, 0.3) is 0 Å². The molecule has 9 atom stereocenters. The molecule has 5 unspecified atom stereocenters. The van der Waals surface area contributed by atoms with Crippen LogP contribution < -0.4 is 4.74 Å². The van der Waals surface area contributed by atoms with E-state index in [1.165, 1.54) is 64.2 Å². The first-order chi connectivity index (χ1) is 19.2. The lowest BCUT2D eigenvalue weighted by molar-refractivity contribution is -0.130. The third-order valence-corrected chi connectivity index (χ3v) is 12.6. The Morgan fingerprint density at radius 2 is 1.68 bits per heavy atom. The summed E-state index contributed by atoms with van der Waals surface area (Å²) >= 11 is 0. The van der Waals surface area contributed by atoms with Gasteiger partial charge in [0.2, 0.25) is 0 Å². The van der Waals surface area contributed by atoms with Crippen molar-refractivity contribution in [2.24, 2.45) is 52.3 Å². The van der Waals surface area contributed by atoms with E-state index in [9.17, 15) is 4.79 Å². The molecule has 4 fully saturated rings. The third kappa shape index (κ3) is 5.78. The van der Waals surface area contributed by atoms with Crippen LogP contribution in [0.4, 0.5) is 0 Å². The van der Waals surface area contributed by atoms with Gasteiger partial charge in [0.1, 0.15) is 18.5 Å². The first-order valence-corrected chi connectivity index (χ1v) is 16.7. The van der Waals surface area contributed by atoms with Crippen molar-refractivity contribution >= 4 is 5.97 Å².